The topological polar surface area (TPSA) is 77.8 Å². The molecule has 0 radical (unpaired) electrons. The van der Waals surface area contributed by atoms with E-state index in [-0.39, 0.29) is 36.9 Å². The summed E-state index contributed by atoms with van der Waals surface area (Å²) in [6.07, 6.45) is 3.48. The predicted molar refractivity (Wildman–Crippen MR) is 55.3 cm³/mol. The van der Waals surface area contributed by atoms with E-state index in [1.807, 2.05) is 0 Å². The molecule has 2 N–H and O–H groups in total. The van der Waals surface area contributed by atoms with Gasteiger partial charge in [0.2, 0.25) is 11.8 Å². The number of nitrogens with zero attached hydrogens (tertiary/aromatic N) is 1. The quantitative estimate of drug-likeness (QED) is 0.638. The normalized spacial score (nSPS) is 30.1. The van der Waals surface area contributed by atoms with Crippen molar-refractivity contribution >= 4 is 11.8 Å². The Hall–Kier alpha value is -0.940. The lowest BCUT2D eigenvalue weighted by molar-refractivity contribution is -0.144. The number of amides is 2. The SMILES string of the molecule is O=C1C2CCCCC2C(=O)N1C(CO)CO. The van der Waals surface area contributed by atoms with Crippen LogP contribution in [0.3, 0.4) is 0 Å². The van der Waals surface area contributed by atoms with E-state index >= 15 is 0 Å². The molecule has 2 atom stereocenters. The van der Waals surface area contributed by atoms with Gasteiger partial charge in [0.1, 0.15) is 0 Å². The summed E-state index contributed by atoms with van der Waals surface area (Å²) < 4.78 is 0. The molecule has 2 amide bonds. The third-order valence-electron chi connectivity index (χ3n) is 3.66. The minimum atomic E-state index is -0.759. The second-order valence-electron chi connectivity index (χ2n) is 4.56. The number of imide groups is 1. The summed E-state index contributed by atoms with van der Waals surface area (Å²) in [4.78, 5) is 25.1. The maximum atomic E-state index is 12.0. The zero-order valence-corrected chi connectivity index (χ0v) is 9.13. The fourth-order valence-electron chi connectivity index (χ4n) is 2.77. The maximum absolute atomic E-state index is 12.0. The summed E-state index contributed by atoms with van der Waals surface area (Å²) >= 11 is 0. The Morgan fingerprint density at radius 2 is 1.50 bits per heavy atom. The van der Waals surface area contributed by atoms with Crippen molar-refractivity contribution in [3.05, 3.63) is 0 Å². The van der Waals surface area contributed by atoms with Gasteiger partial charge in [0, 0.05) is 0 Å². The summed E-state index contributed by atoms with van der Waals surface area (Å²) in [5.41, 5.74) is 0. The van der Waals surface area contributed by atoms with Gasteiger partial charge in [-0.15, -0.1) is 0 Å². The van der Waals surface area contributed by atoms with Crippen molar-refractivity contribution in [2.45, 2.75) is 31.7 Å². The highest BCUT2D eigenvalue weighted by Crippen LogP contribution is 2.38. The molecule has 5 nitrogen and oxygen atoms in total. The van der Waals surface area contributed by atoms with Gasteiger partial charge in [-0.25, -0.2) is 0 Å². The molecule has 1 saturated heterocycles. The fraction of sp³-hybridized carbons (Fsp3) is 0.818. The van der Waals surface area contributed by atoms with Crippen molar-refractivity contribution in [3.8, 4) is 0 Å². The van der Waals surface area contributed by atoms with Gasteiger partial charge < -0.3 is 10.2 Å². The lowest BCUT2D eigenvalue weighted by Gasteiger charge is -2.22. The van der Waals surface area contributed by atoms with Crippen LogP contribution in [0.1, 0.15) is 25.7 Å². The van der Waals surface area contributed by atoms with Gasteiger partial charge in [-0.3, -0.25) is 14.5 Å². The molecule has 1 aliphatic heterocycles. The van der Waals surface area contributed by atoms with Crippen molar-refractivity contribution in [2.24, 2.45) is 11.8 Å². The maximum Gasteiger partial charge on any atom is 0.233 e. The third-order valence-corrected chi connectivity index (χ3v) is 3.66. The first-order valence-electron chi connectivity index (χ1n) is 5.79. The first-order valence-corrected chi connectivity index (χ1v) is 5.79. The third kappa shape index (κ3) is 1.64. The molecule has 5 heteroatoms. The number of carbonyl (C=O) groups excluding carboxylic acids is 2. The first kappa shape index (κ1) is 11.5. The van der Waals surface area contributed by atoms with Crippen LogP contribution in [0.2, 0.25) is 0 Å². The number of aliphatic hydroxyl groups excluding tert-OH is 2. The molecular weight excluding hydrogens is 210 g/mol. The summed E-state index contributed by atoms with van der Waals surface area (Å²) in [5.74, 6) is -0.825. The summed E-state index contributed by atoms with van der Waals surface area (Å²) in [6, 6.07) is -0.759. The molecule has 0 aromatic rings. The largest absolute Gasteiger partial charge is 0.394 e. The Balaban J connectivity index is 2.21. The number of likely N-dealkylation sites (tertiary alicyclic amines) is 1. The molecule has 1 saturated carbocycles. The Bertz CT molecular complexity index is 276. The smallest absolute Gasteiger partial charge is 0.233 e. The van der Waals surface area contributed by atoms with Gasteiger partial charge in [0.15, 0.2) is 0 Å². The highest BCUT2D eigenvalue weighted by molar-refractivity contribution is 6.05. The molecule has 0 aromatic heterocycles. The van der Waals surface area contributed by atoms with Crippen molar-refractivity contribution < 1.29 is 19.8 Å². The van der Waals surface area contributed by atoms with Crippen LogP contribution in [0.25, 0.3) is 0 Å². The van der Waals surface area contributed by atoms with Crippen LogP contribution in [0.15, 0.2) is 0 Å². The van der Waals surface area contributed by atoms with Gasteiger partial charge >= 0.3 is 0 Å². The molecule has 2 fully saturated rings. The van der Waals surface area contributed by atoms with Crippen molar-refractivity contribution in [3.63, 3.8) is 0 Å². The number of aliphatic hydroxyl groups is 2. The summed E-state index contributed by atoms with van der Waals surface area (Å²) in [7, 11) is 0. The molecule has 2 aliphatic rings. The van der Waals surface area contributed by atoms with Crippen molar-refractivity contribution in [2.75, 3.05) is 13.2 Å². The zero-order valence-electron chi connectivity index (χ0n) is 9.13. The van der Waals surface area contributed by atoms with Crippen LogP contribution >= 0.6 is 0 Å². The highest BCUT2D eigenvalue weighted by atomic mass is 16.3. The van der Waals surface area contributed by atoms with Crippen molar-refractivity contribution in [1.82, 2.24) is 4.90 Å². The fourth-order valence-corrected chi connectivity index (χ4v) is 2.77. The zero-order chi connectivity index (χ0) is 11.7. The number of carbonyl (C=O) groups is 2. The van der Waals surface area contributed by atoms with Gasteiger partial charge in [-0.05, 0) is 12.8 Å². The van der Waals surface area contributed by atoms with Gasteiger partial charge in [0.25, 0.3) is 0 Å². The second-order valence-corrected chi connectivity index (χ2v) is 4.56. The second kappa shape index (κ2) is 4.51. The summed E-state index contributed by atoms with van der Waals surface area (Å²) in [6.45, 7) is -0.735. The van der Waals surface area contributed by atoms with E-state index in [0.717, 1.165) is 30.6 Å². The summed E-state index contributed by atoms with van der Waals surface area (Å²) in [5, 5.41) is 18.1. The van der Waals surface area contributed by atoms with Gasteiger partial charge in [-0.1, -0.05) is 12.8 Å². The number of hydrogen-bond acceptors (Lipinski definition) is 4. The van der Waals surface area contributed by atoms with Gasteiger partial charge in [-0.2, -0.15) is 0 Å². The van der Waals surface area contributed by atoms with Crippen LogP contribution in [0.5, 0.6) is 0 Å². The molecular formula is C11H17NO4. The van der Waals surface area contributed by atoms with Crippen LogP contribution in [0.4, 0.5) is 0 Å². The Morgan fingerprint density at radius 1 is 1.06 bits per heavy atom. The molecule has 2 rings (SSSR count). The highest BCUT2D eigenvalue weighted by Gasteiger charge is 2.50. The average Bonchev–Trinajstić information content (AvgIpc) is 2.57. The first-order chi connectivity index (χ1) is 7.70. The van der Waals surface area contributed by atoms with Gasteiger partial charge in [0.05, 0.1) is 31.1 Å². The van der Waals surface area contributed by atoms with E-state index in [2.05, 4.69) is 0 Å². The van der Waals surface area contributed by atoms with Crippen LogP contribution in [-0.4, -0.2) is 46.2 Å². The number of hydrogen-bond donors (Lipinski definition) is 2. The van der Waals surface area contributed by atoms with E-state index < -0.39 is 6.04 Å². The molecule has 0 bridgehead atoms. The average molecular weight is 227 g/mol. The van der Waals surface area contributed by atoms with E-state index in [0.29, 0.717) is 0 Å². The van der Waals surface area contributed by atoms with Crippen molar-refractivity contribution in [1.29, 1.82) is 0 Å². The Morgan fingerprint density at radius 3 is 1.88 bits per heavy atom. The van der Waals surface area contributed by atoms with E-state index in [1.165, 1.54) is 0 Å². The standard InChI is InChI=1S/C11H17NO4/c13-5-7(6-14)12-10(15)8-3-1-2-4-9(8)11(12)16/h7-9,13-14H,1-6H2. The van der Waals surface area contributed by atoms with E-state index in [4.69, 9.17) is 10.2 Å². The molecule has 2 unspecified atom stereocenters. The molecule has 0 aromatic carbocycles. The Labute approximate surface area is 94.0 Å². The molecule has 1 heterocycles. The monoisotopic (exact) mass is 227 g/mol. The number of fused-ring (bicyclic) bond motifs is 1. The number of rotatable bonds is 3. The lowest BCUT2D eigenvalue weighted by atomic mass is 9.81. The molecule has 0 spiro atoms. The Kier molecular flexibility index (Phi) is 3.25. The minimum Gasteiger partial charge on any atom is -0.394 e. The molecule has 1 aliphatic carbocycles. The van der Waals surface area contributed by atoms with Crippen LogP contribution in [-0.2, 0) is 9.59 Å². The van der Waals surface area contributed by atoms with E-state index in [9.17, 15) is 9.59 Å². The predicted octanol–water partition coefficient (Wildman–Crippen LogP) is -0.485. The molecule has 90 valence electrons. The minimum absolute atomic E-state index is 0.206. The van der Waals surface area contributed by atoms with E-state index in [1.54, 1.807) is 0 Å². The van der Waals surface area contributed by atoms with Crippen LogP contribution < -0.4 is 0 Å². The molecule has 16 heavy (non-hydrogen) atoms. The van der Waals surface area contributed by atoms with Crippen LogP contribution in [0, 0.1) is 11.8 Å². The lowest BCUT2D eigenvalue weighted by Crippen LogP contribution is -2.45.